The van der Waals surface area contributed by atoms with Gasteiger partial charge in [0.15, 0.2) is 0 Å². The first-order valence-electron chi connectivity index (χ1n) is 6.11. The summed E-state index contributed by atoms with van der Waals surface area (Å²) < 4.78 is 0. The lowest BCUT2D eigenvalue weighted by Crippen LogP contribution is -2.32. The number of likely N-dealkylation sites (tertiary alicyclic amines) is 1. The molecule has 92 valence electrons. The number of hydrogen-bond acceptors (Lipinski definition) is 2. The number of nitrogens with two attached hydrogens (primary N) is 1. The Labute approximate surface area is 103 Å². The molecule has 1 aliphatic heterocycles. The summed E-state index contributed by atoms with van der Waals surface area (Å²) in [4.78, 5) is 14.1. The van der Waals surface area contributed by atoms with Gasteiger partial charge in [-0.3, -0.25) is 4.79 Å². The lowest BCUT2D eigenvalue weighted by atomic mass is 10.1. The Bertz CT molecular complexity index is 432. The van der Waals surface area contributed by atoms with Crippen molar-refractivity contribution in [2.75, 3.05) is 13.1 Å². The molecule has 0 saturated carbocycles. The van der Waals surface area contributed by atoms with E-state index in [1.807, 2.05) is 30.0 Å². The van der Waals surface area contributed by atoms with Crippen LogP contribution >= 0.6 is 0 Å². The molecule has 2 rings (SSSR count). The molecule has 1 aromatic rings. The molecule has 0 bridgehead atoms. The van der Waals surface area contributed by atoms with Gasteiger partial charge in [-0.15, -0.1) is 0 Å². The molecule has 0 spiro atoms. The predicted molar refractivity (Wildman–Crippen MR) is 69.0 cm³/mol. The number of rotatable bonds is 1. The van der Waals surface area contributed by atoms with Crippen LogP contribution < -0.4 is 5.73 Å². The molecule has 0 aliphatic carbocycles. The number of amides is 1. The summed E-state index contributed by atoms with van der Waals surface area (Å²) >= 11 is 0. The molecule has 1 aromatic carbocycles. The van der Waals surface area contributed by atoms with Gasteiger partial charge >= 0.3 is 0 Å². The Kier molecular flexibility index (Phi) is 3.20. The van der Waals surface area contributed by atoms with Gasteiger partial charge in [-0.05, 0) is 43.0 Å². The van der Waals surface area contributed by atoms with Gasteiger partial charge in [-0.2, -0.15) is 0 Å². The fraction of sp³-hybridized carbons (Fsp3) is 0.500. The van der Waals surface area contributed by atoms with E-state index in [1.54, 1.807) is 0 Å². The normalized spacial score (nSPS) is 24.1. The third kappa shape index (κ3) is 2.34. The standard InChI is InChI=1S/C14H20N2O/c1-9-4-5-12(6-10(9)2)14(17)16-7-11(3)13(15)8-16/h4-6,11,13H,7-8,15H2,1-3H3. The predicted octanol–water partition coefficient (Wildman–Crippen LogP) is 1.72. The highest BCUT2D eigenvalue weighted by molar-refractivity contribution is 5.94. The highest BCUT2D eigenvalue weighted by Crippen LogP contribution is 2.18. The fourth-order valence-corrected chi connectivity index (χ4v) is 2.21. The molecular formula is C14H20N2O. The molecular weight excluding hydrogens is 212 g/mol. The van der Waals surface area contributed by atoms with Gasteiger partial charge in [-0.25, -0.2) is 0 Å². The van der Waals surface area contributed by atoms with E-state index >= 15 is 0 Å². The minimum Gasteiger partial charge on any atom is -0.337 e. The Balaban J connectivity index is 2.17. The van der Waals surface area contributed by atoms with Crippen LogP contribution in [0.25, 0.3) is 0 Å². The molecule has 3 heteroatoms. The van der Waals surface area contributed by atoms with Gasteiger partial charge in [0, 0.05) is 24.7 Å². The second-order valence-corrected chi connectivity index (χ2v) is 5.15. The van der Waals surface area contributed by atoms with Crippen molar-refractivity contribution in [1.82, 2.24) is 4.90 Å². The minimum atomic E-state index is 0.105. The van der Waals surface area contributed by atoms with Gasteiger partial charge in [0.05, 0.1) is 0 Å². The van der Waals surface area contributed by atoms with Gasteiger partial charge in [0.25, 0.3) is 5.91 Å². The van der Waals surface area contributed by atoms with Crippen LogP contribution in [0.4, 0.5) is 0 Å². The van der Waals surface area contributed by atoms with Crippen LogP contribution in [0.3, 0.4) is 0 Å². The number of aryl methyl sites for hydroxylation is 2. The quantitative estimate of drug-likeness (QED) is 0.801. The Morgan fingerprint density at radius 3 is 2.53 bits per heavy atom. The van der Waals surface area contributed by atoms with Crippen LogP contribution in [0.1, 0.15) is 28.4 Å². The van der Waals surface area contributed by atoms with E-state index in [9.17, 15) is 4.79 Å². The van der Waals surface area contributed by atoms with Crippen LogP contribution in [0, 0.1) is 19.8 Å². The van der Waals surface area contributed by atoms with Gasteiger partial charge in [-0.1, -0.05) is 13.0 Å². The second-order valence-electron chi connectivity index (χ2n) is 5.15. The third-order valence-electron chi connectivity index (χ3n) is 3.71. The van der Waals surface area contributed by atoms with Gasteiger partial charge in [0.1, 0.15) is 0 Å². The van der Waals surface area contributed by atoms with E-state index in [-0.39, 0.29) is 11.9 Å². The average Bonchev–Trinajstić information content (AvgIpc) is 2.62. The van der Waals surface area contributed by atoms with Crippen molar-refractivity contribution < 1.29 is 4.79 Å². The Hall–Kier alpha value is -1.35. The maximum absolute atomic E-state index is 12.3. The molecule has 0 radical (unpaired) electrons. The molecule has 0 aromatic heterocycles. The van der Waals surface area contributed by atoms with E-state index in [1.165, 1.54) is 5.56 Å². The van der Waals surface area contributed by atoms with Crippen LogP contribution in [0.2, 0.25) is 0 Å². The van der Waals surface area contributed by atoms with Crippen molar-refractivity contribution in [3.63, 3.8) is 0 Å². The van der Waals surface area contributed by atoms with E-state index < -0.39 is 0 Å². The summed E-state index contributed by atoms with van der Waals surface area (Å²) in [6, 6.07) is 5.98. The number of carbonyl (C=O) groups excluding carboxylic acids is 1. The number of benzene rings is 1. The van der Waals surface area contributed by atoms with E-state index in [4.69, 9.17) is 5.73 Å². The van der Waals surface area contributed by atoms with Crippen molar-refractivity contribution in [3.05, 3.63) is 34.9 Å². The summed E-state index contributed by atoms with van der Waals surface area (Å²) in [6.45, 7) is 7.63. The smallest absolute Gasteiger partial charge is 0.253 e. The fourth-order valence-electron chi connectivity index (χ4n) is 2.21. The van der Waals surface area contributed by atoms with Crippen LogP contribution in [0.15, 0.2) is 18.2 Å². The molecule has 1 heterocycles. The molecule has 1 aliphatic rings. The zero-order chi connectivity index (χ0) is 12.6. The highest BCUT2D eigenvalue weighted by atomic mass is 16.2. The summed E-state index contributed by atoms with van der Waals surface area (Å²) in [7, 11) is 0. The first kappa shape index (κ1) is 12.1. The van der Waals surface area contributed by atoms with E-state index in [2.05, 4.69) is 13.8 Å². The van der Waals surface area contributed by atoms with E-state index in [0.717, 1.165) is 17.7 Å². The molecule has 3 nitrogen and oxygen atoms in total. The van der Waals surface area contributed by atoms with Crippen LogP contribution in [-0.2, 0) is 0 Å². The Morgan fingerprint density at radius 1 is 1.29 bits per heavy atom. The summed E-state index contributed by atoms with van der Waals surface area (Å²) in [5.74, 6) is 0.499. The zero-order valence-corrected chi connectivity index (χ0v) is 10.7. The molecule has 17 heavy (non-hydrogen) atoms. The SMILES string of the molecule is Cc1ccc(C(=O)N2CC(C)C(N)C2)cc1C. The van der Waals surface area contributed by atoms with Gasteiger partial charge in [0.2, 0.25) is 0 Å². The van der Waals surface area contributed by atoms with Crippen molar-refractivity contribution in [1.29, 1.82) is 0 Å². The van der Waals surface area contributed by atoms with Crippen molar-refractivity contribution >= 4 is 5.91 Å². The number of carbonyl (C=O) groups is 1. The maximum Gasteiger partial charge on any atom is 0.253 e. The highest BCUT2D eigenvalue weighted by Gasteiger charge is 2.30. The zero-order valence-electron chi connectivity index (χ0n) is 10.7. The van der Waals surface area contributed by atoms with Crippen molar-refractivity contribution in [2.24, 2.45) is 11.7 Å². The minimum absolute atomic E-state index is 0.105. The van der Waals surface area contributed by atoms with Crippen molar-refractivity contribution in [3.8, 4) is 0 Å². The second kappa shape index (κ2) is 4.49. The molecule has 1 fully saturated rings. The molecule has 1 amide bonds. The van der Waals surface area contributed by atoms with E-state index in [0.29, 0.717) is 12.5 Å². The molecule has 2 N–H and O–H groups in total. The molecule has 2 unspecified atom stereocenters. The monoisotopic (exact) mass is 232 g/mol. The van der Waals surface area contributed by atoms with Crippen LogP contribution in [0.5, 0.6) is 0 Å². The largest absolute Gasteiger partial charge is 0.337 e. The maximum atomic E-state index is 12.3. The summed E-state index contributed by atoms with van der Waals surface area (Å²) in [6.07, 6.45) is 0. The topological polar surface area (TPSA) is 46.3 Å². The van der Waals surface area contributed by atoms with Crippen molar-refractivity contribution in [2.45, 2.75) is 26.8 Å². The number of hydrogen-bond donors (Lipinski definition) is 1. The lowest BCUT2D eigenvalue weighted by molar-refractivity contribution is 0.0786. The van der Waals surface area contributed by atoms with Gasteiger partial charge < -0.3 is 10.6 Å². The Morgan fingerprint density at radius 2 is 2.00 bits per heavy atom. The molecule has 2 atom stereocenters. The number of nitrogens with zero attached hydrogens (tertiary/aromatic N) is 1. The molecule has 1 saturated heterocycles. The summed E-state index contributed by atoms with van der Waals surface area (Å²) in [5, 5.41) is 0. The first-order chi connectivity index (χ1) is 7.99. The first-order valence-corrected chi connectivity index (χ1v) is 6.11. The lowest BCUT2D eigenvalue weighted by Gasteiger charge is -2.16. The average molecular weight is 232 g/mol. The summed E-state index contributed by atoms with van der Waals surface area (Å²) in [5.41, 5.74) is 9.09. The third-order valence-corrected chi connectivity index (χ3v) is 3.71. The van der Waals surface area contributed by atoms with Crippen LogP contribution in [-0.4, -0.2) is 29.9 Å².